The first kappa shape index (κ1) is 23.1. The lowest BCUT2D eigenvalue weighted by Crippen LogP contribution is -2.23. The minimum atomic E-state index is -4.30. The van der Waals surface area contributed by atoms with Crippen LogP contribution in [0.4, 0.5) is 13.2 Å². The van der Waals surface area contributed by atoms with Crippen molar-refractivity contribution in [3.05, 3.63) is 102 Å². The van der Waals surface area contributed by atoms with E-state index in [9.17, 15) is 23.1 Å². The number of ether oxygens (including phenoxy) is 1. The number of halogens is 3. The van der Waals surface area contributed by atoms with Gasteiger partial charge in [0.15, 0.2) is 6.04 Å². The highest BCUT2D eigenvalue weighted by molar-refractivity contribution is 6.13. The van der Waals surface area contributed by atoms with Gasteiger partial charge in [-0.2, -0.15) is 13.2 Å². The summed E-state index contributed by atoms with van der Waals surface area (Å²) in [4.78, 5) is 16.6. The largest absolute Gasteiger partial charge is 0.493 e. The van der Waals surface area contributed by atoms with Gasteiger partial charge in [0.05, 0.1) is 18.7 Å². The van der Waals surface area contributed by atoms with Crippen molar-refractivity contribution in [1.82, 2.24) is 0 Å². The van der Waals surface area contributed by atoms with Gasteiger partial charge in [-0.15, -0.1) is 0 Å². The van der Waals surface area contributed by atoms with E-state index in [1.807, 2.05) is 60.7 Å². The first-order valence-electron chi connectivity index (χ1n) is 10.0. The maximum absolute atomic E-state index is 12.3. The third-order valence-corrected chi connectivity index (χ3v) is 4.65. The summed E-state index contributed by atoms with van der Waals surface area (Å²) >= 11 is 0. The first-order chi connectivity index (χ1) is 15.3. The van der Waals surface area contributed by atoms with Crippen molar-refractivity contribution in [1.29, 1.82) is 0 Å². The molecule has 0 aliphatic carbocycles. The molecular formula is C25H22F3NO3. The third kappa shape index (κ3) is 6.97. The highest BCUT2D eigenvalue weighted by Gasteiger charge is 2.27. The Kier molecular flexibility index (Phi) is 7.65. The molecule has 0 amide bonds. The summed E-state index contributed by atoms with van der Waals surface area (Å²) in [5.74, 6) is -0.844. The fraction of sp³-hybridized carbons (Fsp3) is 0.200. The Morgan fingerprint density at radius 1 is 0.906 bits per heavy atom. The minimum absolute atomic E-state index is 0.0645. The molecular weight excluding hydrogens is 419 g/mol. The Labute approximate surface area is 184 Å². The second-order valence-corrected chi connectivity index (χ2v) is 7.13. The van der Waals surface area contributed by atoms with E-state index < -0.39 is 31.2 Å². The molecule has 0 aromatic heterocycles. The van der Waals surface area contributed by atoms with Crippen LogP contribution in [0.5, 0.6) is 5.75 Å². The van der Waals surface area contributed by atoms with Gasteiger partial charge in [-0.1, -0.05) is 72.8 Å². The van der Waals surface area contributed by atoms with E-state index in [1.165, 1.54) is 6.07 Å². The molecule has 7 heteroatoms. The normalized spacial score (nSPS) is 12.1. The van der Waals surface area contributed by atoms with Gasteiger partial charge in [0, 0.05) is 17.5 Å². The van der Waals surface area contributed by atoms with Crippen LogP contribution in [0.25, 0.3) is 0 Å². The molecule has 0 aliphatic heterocycles. The van der Waals surface area contributed by atoms with E-state index in [-0.39, 0.29) is 12.2 Å². The van der Waals surface area contributed by atoms with Gasteiger partial charge in [0.25, 0.3) is 0 Å². The van der Waals surface area contributed by atoms with Crippen molar-refractivity contribution in [2.75, 3.05) is 6.61 Å². The first-order valence-corrected chi connectivity index (χ1v) is 10.0. The molecule has 1 atom stereocenters. The van der Waals surface area contributed by atoms with Gasteiger partial charge in [-0.25, -0.2) is 4.79 Å². The van der Waals surface area contributed by atoms with E-state index in [2.05, 4.69) is 4.99 Å². The highest BCUT2D eigenvalue weighted by atomic mass is 19.4. The Morgan fingerprint density at radius 3 is 2.03 bits per heavy atom. The number of aliphatic imine (C=N–C) groups is 1. The maximum Gasteiger partial charge on any atom is 0.392 e. The number of rotatable bonds is 9. The Balaban J connectivity index is 1.85. The van der Waals surface area contributed by atoms with Crippen LogP contribution in [-0.2, 0) is 11.2 Å². The standard InChI is InChI=1S/C25H22F3NO3/c26-25(27,28)14-15-32-21-13-7-8-18(16-21)17-22(24(30)31)29-23(19-9-3-1-4-10-19)20-11-5-2-6-12-20/h1-13,16,22H,14-15,17H2,(H,30,31). The average Bonchev–Trinajstić information content (AvgIpc) is 2.77. The summed E-state index contributed by atoms with van der Waals surface area (Å²) < 4.78 is 42.2. The van der Waals surface area contributed by atoms with Crippen LogP contribution in [0.15, 0.2) is 89.9 Å². The van der Waals surface area contributed by atoms with Gasteiger partial charge in [0.2, 0.25) is 0 Å². The van der Waals surface area contributed by atoms with Crippen LogP contribution in [0.2, 0.25) is 0 Å². The molecule has 3 aromatic carbocycles. The number of alkyl halides is 3. The van der Waals surface area contributed by atoms with Crippen molar-refractivity contribution in [2.24, 2.45) is 4.99 Å². The zero-order chi connectivity index (χ0) is 23.0. The van der Waals surface area contributed by atoms with Crippen LogP contribution in [-0.4, -0.2) is 35.6 Å². The van der Waals surface area contributed by atoms with E-state index in [4.69, 9.17) is 4.74 Å². The molecule has 3 aromatic rings. The van der Waals surface area contributed by atoms with Gasteiger partial charge < -0.3 is 9.84 Å². The highest BCUT2D eigenvalue weighted by Crippen LogP contribution is 2.22. The van der Waals surface area contributed by atoms with Gasteiger partial charge >= 0.3 is 12.1 Å². The van der Waals surface area contributed by atoms with Crippen LogP contribution in [0.3, 0.4) is 0 Å². The number of carbonyl (C=O) groups is 1. The van der Waals surface area contributed by atoms with Crippen LogP contribution in [0, 0.1) is 0 Å². The zero-order valence-corrected chi connectivity index (χ0v) is 17.1. The molecule has 0 aliphatic rings. The van der Waals surface area contributed by atoms with Gasteiger partial charge in [-0.05, 0) is 17.7 Å². The van der Waals surface area contributed by atoms with Crippen LogP contribution >= 0.6 is 0 Å². The monoisotopic (exact) mass is 441 g/mol. The molecule has 0 heterocycles. The summed E-state index contributed by atoms with van der Waals surface area (Å²) in [6.45, 7) is -0.500. The molecule has 0 radical (unpaired) electrons. The third-order valence-electron chi connectivity index (χ3n) is 4.65. The molecule has 166 valence electrons. The van der Waals surface area contributed by atoms with Crippen molar-refractivity contribution in [3.63, 3.8) is 0 Å². The summed E-state index contributed by atoms with van der Waals surface area (Å²) in [5, 5.41) is 9.81. The lowest BCUT2D eigenvalue weighted by molar-refractivity contribution is -0.140. The summed E-state index contributed by atoms with van der Waals surface area (Å²) in [6, 6.07) is 23.9. The SMILES string of the molecule is O=C(O)C(Cc1cccc(OCCC(F)(F)F)c1)N=C(c1ccccc1)c1ccccc1. The molecule has 3 rings (SSSR count). The van der Waals surface area contributed by atoms with E-state index in [1.54, 1.807) is 18.2 Å². The van der Waals surface area contributed by atoms with Crippen LogP contribution in [0.1, 0.15) is 23.1 Å². The van der Waals surface area contributed by atoms with Crippen molar-refractivity contribution in [2.45, 2.75) is 25.1 Å². The fourth-order valence-electron chi connectivity index (χ4n) is 3.12. The summed E-state index contributed by atoms with van der Waals surface area (Å²) in [6.07, 6.45) is -5.29. The van der Waals surface area contributed by atoms with Crippen molar-refractivity contribution in [3.8, 4) is 5.75 Å². The Morgan fingerprint density at radius 2 is 1.50 bits per heavy atom. The molecule has 32 heavy (non-hydrogen) atoms. The number of carboxylic acid groups (broad SMARTS) is 1. The molecule has 0 fully saturated rings. The number of hydrogen-bond donors (Lipinski definition) is 1. The van der Waals surface area contributed by atoms with E-state index in [0.717, 1.165) is 11.1 Å². The van der Waals surface area contributed by atoms with Crippen molar-refractivity contribution >= 4 is 11.7 Å². The predicted molar refractivity (Wildman–Crippen MR) is 116 cm³/mol. The maximum atomic E-state index is 12.3. The lowest BCUT2D eigenvalue weighted by Gasteiger charge is -2.14. The molecule has 0 saturated heterocycles. The lowest BCUT2D eigenvalue weighted by atomic mass is 10.0. The molecule has 0 spiro atoms. The van der Waals surface area contributed by atoms with Gasteiger partial charge in [0.1, 0.15) is 5.75 Å². The molecule has 0 saturated carbocycles. The van der Waals surface area contributed by atoms with Crippen LogP contribution < -0.4 is 4.74 Å². The van der Waals surface area contributed by atoms with Gasteiger partial charge in [-0.3, -0.25) is 4.99 Å². The van der Waals surface area contributed by atoms with Crippen molar-refractivity contribution < 1.29 is 27.8 Å². The minimum Gasteiger partial charge on any atom is -0.493 e. The number of hydrogen-bond acceptors (Lipinski definition) is 3. The molecule has 1 N–H and O–H groups in total. The quantitative estimate of drug-likeness (QED) is 0.443. The number of carboxylic acids is 1. The number of benzene rings is 3. The molecule has 0 bridgehead atoms. The number of nitrogens with zero attached hydrogens (tertiary/aromatic N) is 1. The topological polar surface area (TPSA) is 58.9 Å². The predicted octanol–water partition coefficient (Wildman–Crippen LogP) is 5.55. The molecule has 1 unspecified atom stereocenters. The van der Waals surface area contributed by atoms with E-state index in [0.29, 0.717) is 11.3 Å². The number of aliphatic carboxylic acids is 1. The average molecular weight is 441 g/mol. The summed E-state index contributed by atoms with van der Waals surface area (Å²) in [7, 11) is 0. The fourth-order valence-corrected chi connectivity index (χ4v) is 3.12. The Bertz CT molecular complexity index is 1010. The molecule has 4 nitrogen and oxygen atoms in total. The summed E-state index contributed by atoms with van der Waals surface area (Å²) in [5.41, 5.74) is 2.73. The second kappa shape index (κ2) is 10.6. The smallest absolute Gasteiger partial charge is 0.392 e. The Hall–Kier alpha value is -3.61. The second-order valence-electron chi connectivity index (χ2n) is 7.13. The van der Waals surface area contributed by atoms with E-state index >= 15 is 0 Å². The zero-order valence-electron chi connectivity index (χ0n) is 17.1.